The van der Waals surface area contributed by atoms with Crippen molar-refractivity contribution in [2.75, 3.05) is 25.5 Å². The minimum absolute atomic E-state index is 0.323. The SMILES string of the molecule is CNCc1cc(Br)ccc1N(C)CC(C)O. The van der Waals surface area contributed by atoms with Gasteiger partial charge in [-0.2, -0.15) is 0 Å². The molecule has 0 aliphatic carbocycles. The molecule has 0 aromatic heterocycles. The lowest BCUT2D eigenvalue weighted by atomic mass is 10.1. The van der Waals surface area contributed by atoms with E-state index >= 15 is 0 Å². The van der Waals surface area contributed by atoms with Crippen molar-refractivity contribution in [2.24, 2.45) is 0 Å². The molecule has 1 unspecified atom stereocenters. The molecule has 0 bridgehead atoms. The van der Waals surface area contributed by atoms with Crippen molar-refractivity contribution in [1.82, 2.24) is 5.32 Å². The molecule has 0 amide bonds. The number of rotatable bonds is 5. The Morgan fingerprint density at radius 3 is 2.75 bits per heavy atom. The maximum absolute atomic E-state index is 9.39. The van der Waals surface area contributed by atoms with Gasteiger partial charge in [-0.25, -0.2) is 0 Å². The molecule has 16 heavy (non-hydrogen) atoms. The summed E-state index contributed by atoms with van der Waals surface area (Å²) >= 11 is 3.47. The van der Waals surface area contributed by atoms with E-state index < -0.39 is 0 Å². The summed E-state index contributed by atoms with van der Waals surface area (Å²) in [4.78, 5) is 2.07. The van der Waals surface area contributed by atoms with Gasteiger partial charge < -0.3 is 15.3 Å². The maximum Gasteiger partial charge on any atom is 0.0686 e. The van der Waals surface area contributed by atoms with Crippen LogP contribution in [0.2, 0.25) is 0 Å². The van der Waals surface area contributed by atoms with E-state index in [1.807, 2.05) is 20.2 Å². The third-order valence-corrected chi connectivity index (χ3v) is 2.85. The Kier molecular flexibility index (Phi) is 5.25. The van der Waals surface area contributed by atoms with Gasteiger partial charge in [-0.1, -0.05) is 15.9 Å². The molecule has 1 atom stereocenters. The second kappa shape index (κ2) is 6.23. The Hall–Kier alpha value is -0.580. The van der Waals surface area contributed by atoms with Gasteiger partial charge in [-0.05, 0) is 37.7 Å². The Bertz CT molecular complexity index is 342. The Labute approximate surface area is 106 Å². The minimum Gasteiger partial charge on any atom is -0.392 e. The summed E-state index contributed by atoms with van der Waals surface area (Å²) in [6.45, 7) is 3.25. The van der Waals surface area contributed by atoms with Crippen LogP contribution in [0.15, 0.2) is 22.7 Å². The summed E-state index contributed by atoms with van der Waals surface area (Å²) in [5, 5.41) is 12.5. The summed E-state index contributed by atoms with van der Waals surface area (Å²) in [5.74, 6) is 0. The normalized spacial score (nSPS) is 12.6. The lowest BCUT2D eigenvalue weighted by Gasteiger charge is -2.24. The van der Waals surface area contributed by atoms with Gasteiger partial charge in [0.25, 0.3) is 0 Å². The molecule has 0 radical (unpaired) electrons. The summed E-state index contributed by atoms with van der Waals surface area (Å²) in [5.41, 5.74) is 2.37. The van der Waals surface area contributed by atoms with E-state index in [1.54, 1.807) is 6.92 Å². The number of halogens is 1. The van der Waals surface area contributed by atoms with Crippen LogP contribution in [0.25, 0.3) is 0 Å². The minimum atomic E-state index is -0.323. The first kappa shape index (κ1) is 13.5. The zero-order valence-corrected chi connectivity index (χ0v) is 11.6. The van der Waals surface area contributed by atoms with Crippen LogP contribution in [0.4, 0.5) is 5.69 Å². The Balaban J connectivity index is 2.92. The number of aliphatic hydroxyl groups excluding tert-OH is 1. The molecule has 0 fully saturated rings. The summed E-state index contributed by atoms with van der Waals surface area (Å²) in [7, 11) is 3.93. The number of nitrogens with zero attached hydrogens (tertiary/aromatic N) is 1. The van der Waals surface area contributed by atoms with E-state index in [1.165, 1.54) is 5.56 Å². The van der Waals surface area contributed by atoms with Crippen molar-refractivity contribution in [3.05, 3.63) is 28.2 Å². The Morgan fingerprint density at radius 2 is 2.19 bits per heavy atom. The largest absolute Gasteiger partial charge is 0.392 e. The standard InChI is InChI=1S/C12H19BrN2O/c1-9(16)8-15(3)12-5-4-11(13)6-10(12)7-14-2/h4-6,9,14,16H,7-8H2,1-3H3. The zero-order chi connectivity index (χ0) is 12.1. The molecule has 2 N–H and O–H groups in total. The van der Waals surface area contributed by atoms with Gasteiger partial charge in [-0.3, -0.25) is 0 Å². The highest BCUT2D eigenvalue weighted by atomic mass is 79.9. The van der Waals surface area contributed by atoms with Crippen LogP contribution >= 0.6 is 15.9 Å². The first-order chi connectivity index (χ1) is 7.54. The molecule has 0 spiro atoms. The van der Waals surface area contributed by atoms with Crippen LogP contribution in [0, 0.1) is 0 Å². The second-order valence-corrected chi connectivity index (χ2v) is 4.95. The number of hydrogen-bond acceptors (Lipinski definition) is 3. The fourth-order valence-electron chi connectivity index (χ4n) is 1.75. The summed E-state index contributed by atoms with van der Waals surface area (Å²) in [6.07, 6.45) is -0.323. The molecule has 0 heterocycles. The average molecular weight is 287 g/mol. The van der Waals surface area contributed by atoms with Gasteiger partial charge >= 0.3 is 0 Å². The summed E-state index contributed by atoms with van der Waals surface area (Å²) in [6, 6.07) is 6.19. The maximum atomic E-state index is 9.39. The smallest absolute Gasteiger partial charge is 0.0686 e. The Morgan fingerprint density at radius 1 is 1.50 bits per heavy atom. The molecule has 90 valence electrons. The monoisotopic (exact) mass is 286 g/mol. The first-order valence-electron chi connectivity index (χ1n) is 5.36. The molecule has 1 aromatic rings. The zero-order valence-electron chi connectivity index (χ0n) is 10.00. The molecule has 0 aliphatic rings. The third kappa shape index (κ3) is 3.77. The van der Waals surface area contributed by atoms with Gasteiger partial charge in [0.15, 0.2) is 0 Å². The third-order valence-electron chi connectivity index (χ3n) is 2.36. The van der Waals surface area contributed by atoms with Crippen LogP contribution in [0.3, 0.4) is 0 Å². The molecule has 3 nitrogen and oxygen atoms in total. The number of likely N-dealkylation sites (N-methyl/N-ethyl adjacent to an activating group) is 1. The molecule has 4 heteroatoms. The molecule has 1 aromatic carbocycles. The summed E-state index contributed by atoms with van der Waals surface area (Å²) < 4.78 is 1.08. The molecule has 0 saturated carbocycles. The molecule has 1 rings (SSSR count). The number of aliphatic hydroxyl groups is 1. The van der Waals surface area contributed by atoms with Gasteiger partial charge in [0, 0.05) is 30.3 Å². The molecule has 0 saturated heterocycles. The van der Waals surface area contributed by atoms with Crippen molar-refractivity contribution < 1.29 is 5.11 Å². The second-order valence-electron chi connectivity index (χ2n) is 4.03. The van der Waals surface area contributed by atoms with Crippen molar-refractivity contribution in [3.8, 4) is 0 Å². The van der Waals surface area contributed by atoms with Crippen molar-refractivity contribution in [3.63, 3.8) is 0 Å². The van der Waals surface area contributed by atoms with Crippen LogP contribution < -0.4 is 10.2 Å². The number of nitrogens with one attached hydrogen (secondary N) is 1. The van der Waals surface area contributed by atoms with Crippen molar-refractivity contribution in [2.45, 2.75) is 19.6 Å². The highest BCUT2D eigenvalue weighted by Crippen LogP contribution is 2.23. The van der Waals surface area contributed by atoms with E-state index in [2.05, 4.69) is 38.3 Å². The highest BCUT2D eigenvalue weighted by molar-refractivity contribution is 9.10. The predicted octanol–water partition coefficient (Wildman–Crippen LogP) is 1.99. The quantitative estimate of drug-likeness (QED) is 0.869. The van der Waals surface area contributed by atoms with Crippen molar-refractivity contribution in [1.29, 1.82) is 0 Å². The number of benzene rings is 1. The van der Waals surface area contributed by atoms with Crippen LogP contribution in [-0.2, 0) is 6.54 Å². The highest BCUT2D eigenvalue weighted by Gasteiger charge is 2.09. The fourth-order valence-corrected chi connectivity index (χ4v) is 2.16. The van der Waals surface area contributed by atoms with Crippen LogP contribution in [0.1, 0.15) is 12.5 Å². The van der Waals surface area contributed by atoms with E-state index in [0.717, 1.165) is 16.7 Å². The predicted molar refractivity (Wildman–Crippen MR) is 71.9 cm³/mol. The van der Waals surface area contributed by atoms with Crippen LogP contribution in [-0.4, -0.2) is 31.9 Å². The fraction of sp³-hybridized carbons (Fsp3) is 0.500. The van der Waals surface area contributed by atoms with E-state index in [4.69, 9.17) is 0 Å². The van der Waals surface area contributed by atoms with E-state index in [0.29, 0.717) is 6.54 Å². The van der Waals surface area contributed by atoms with Crippen molar-refractivity contribution >= 4 is 21.6 Å². The van der Waals surface area contributed by atoms with E-state index in [-0.39, 0.29) is 6.10 Å². The molecular weight excluding hydrogens is 268 g/mol. The topological polar surface area (TPSA) is 35.5 Å². The first-order valence-corrected chi connectivity index (χ1v) is 6.16. The molecular formula is C12H19BrN2O. The van der Waals surface area contributed by atoms with Gasteiger partial charge in [-0.15, -0.1) is 0 Å². The van der Waals surface area contributed by atoms with Gasteiger partial charge in [0.1, 0.15) is 0 Å². The average Bonchev–Trinajstić information content (AvgIpc) is 2.17. The number of anilines is 1. The molecule has 0 aliphatic heterocycles. The van der Waals surface area contributed by atoms with Gasteiger partial charge in [0.05, 0.1) is 6.10 Å². The lowest BCUT2D eigenvalue weighted by molar-refractivity contribution is 0.201. The van der Waals surface area contributed by atoms with E-state index in [9.17, 15) is 5.11 Å². The number of hydrogen-bond donors (Lipinski definition) is 2. The van der Waals surface area contributed by atoms with Gasteiger partial charge in [0.2, 0.25) is 0 Å². The van der Waals surface area contributed by atoms with Crippen LogP contribution in [0.5, 0.6) is 0 Å². The lowest BCUT2D eigenvalue weighted by Crippen LogP contribution is -2.28.